The molecule has 0 aromatic heterocycles. The molecule has 0 amide bonds. The van der Waals surface area contributed by atoms with Crippen LogP contribution in [0.2, 0.25) is 0 Å². The average molecular weight is 318 g/mol. The van der Waals surface area contributed by atoms with Crippen molar-refractivity contribution in [2.24, 2.45) is 0 Å². The van der Waals surface area contributed by atoms with E-state index in [-0.39, 0.29) is 12.5 Å². The fourth-order valence-corrected chi connectivity index (χ4v) is 2.58. The van der Waals surface area contributed by atoms with Gasteiger partial charge in [-0.2, -0.15) is 0 Å². The Morgan fingerprint density at radius 1 is 0.739 bits per heavy atom. The van der Waals surface area contributed by atoms with Crippen LogP contribution in [0.4, 0.5) is 0 Å². The van der Waals surface area contributed by atoms with Gasteiger partial charge in [-0.1, -0.05) is 12.1 Å². The molecule has 0 atom stereocenters. The molecule has 0 radical (unpaired) electrons. The van der Waals surface area contributed by atoms with Crippen molar-refractivity contribution in [3.8, 4) is 23.0 Å². The van der Waals surface area contributed by atoms with Crippen LogP contribution < -0.4 is 18.9 Å². The van der Waals surface area contributed by atoms with Crippen molar-refractivity contribution in [2.45, 2.75) is 5.92 Å². The van der Waals surface area contributed by atoms with Crippen LogP contribution in [-0.2, 0) is 0 Å². The van der Waals surface area contributed by atoms with Gasteiger partial charge in [-0.3, -0.25) is 0 Å². The lowest BCUT2D eigenvalue weighted by Crippen LogP contribution is -2.09. The molecule has 0 heterocycles. The molecule has 0 spiro atoms. The van der Waals surface area contributed by atoms with E-state index in [4.69, 9.17) is 18.9 Å². The Bertz CT molecular complexity index is 598. The number of ether oxygens (including phenoxy) is 4. The normalized spacial score (nSPS) is 10.5. The highest BCUT2D eigenvalue weighted by molar-refractivity contribution is 5.51. The molecular weight excluding hydrogens is 296 g/mol. The zero-order valence-corrected chi connectivity index (χ0v) is 13.8. The third-order valence-corrected chi connectivity index (χ3v) is 3.81. The topological polar surface area (TPSA) is 57.2 Å². The van der Waals surface area contributed by atoms with E-state index in [0.29, 0.717) is 23.0 Å². The summed E-state index contributed by atoms with van der Waals surface area (Å²) < 4.78 is 21.4. The summed E-state index contributed by atoms with van der Waals surface area (Å²) in [6, 6.07) is 11.1. The highest BCUT2D eigenvalue weighted by Gasteiger charge is 2.22. The van der Waals surface area contributed by atoms with Gasteiger partial charge in [0.05, 0.1) is 35.0 Å². The van der Waals surface area contributed by atoms with Gasteiger partial charge in [-0.25, -0.2) is 0 Å². The maximum Gasteiger partial charge on any atom is 0.126 e. The van der Waals surface area contributed by atoms with Gasteiger partial charge in [0.15, 0.2) is 0 Å². The van der Waals surface area contributed by atoms with Gasteiger partial charge in [0.25, 0.3) is 0 Å². The maximum absolute atomic E-state index is 9.95. The Kier molecular flexibility index (Phi) is 5.71. The minimum Gasteiger partial charge on any atom is -0.497 e. The van der Waals surface area contributed by atoms with Gasteiger partial charge in [0.2, 0.25) is 0 Å². The first-order chi connectivity index (χ1) is 11.2. The van der Waals surface area contributed by atoms with Crippen molar-refractivity contribution in [2.75, 3.05) is 35.0 Å². The van der Waals surface area contributed by atoms with Crippen LogP contribution >= 0.6 is 0 Å². The largest absolute Gasteiger partial charge is 0.497 e. The molecule has 0 bridgehead atoms. The van der Waals surface area contributed by atoms with Crippen LogP contribution in [0.3, 0.4) is 0 Å². The third kappa shape index (κ3) is 3.51. The highest BCUT2D eigenvalue weighted by atomic mass is 16.5. The fraction of sp³-hybridized carbons (Fsp3) is 0.333. The summed E-state index contributed by atoms with van der Waals surface area (Å²) in [4.78, 5) is 0. The van der Waals surface area contributed by atoms with Gasteiger partial charge in [-0.05, 0) is 12.1 Å². The van der Waals surface area contributed by atoms with Crippen molar-refractivity contribution in [3.05, 3.63) is 47.5 Å². The molecule has 5 nitrogen and oxygen atoms in total. The fourth-order valence-electron chi connectivity index (χ4n) is 2.58. The second-order valence-electron chi connectivity index (χ2n) is 4.95. The van der Waals surface area contributed by atoms with Crippen LogP contribution in [0.25, 0.3) is 0 Å². The van der Waals surface area contributed by atoms with Crippen molar-refractivity contribution in [1.29, 1.82) is 0 Å². The molecule has 124 valence electrons. The number of aliphatic hydroxyl groups is 1. The average Bonchev–Trinajstić information content (AvgIpc) is 2.62. The van der Waals surface area contributed by atoms with Gasteiger partial charge < -0.3 is 24.1 Å². The summed E-state index contributed by atoms with van der Waals surface area (Å²) in [5.74, 6) is 2.42. The monoisotopic (exact) mass is 318 g/mol. The Morgan fingerprint density at radius 3 is 1.48 bits per heavy atom. The predicted octanol–water partition coefficient (Wildman–Crippen LogP) is 2.85. The molecule has 1 N–H and O–H groups in total. The zero-order chi connectivity index (χ0) is 16.8. The molecule has 0 saturated heterocycles. The SMILES string of the molecule is COc1ccc(C(CO)c2ccc(OC)cc2OC)c(OC)c1. The number of benzene rings is 2. The first kappa shape index (κ1) is 17.0. The summed E-state index contributed by atoms with van der Waals surface area (Å²) in [5, 5.41) is 9.95. The minimum atomic E-state index is -0.281. The van der Waals surface area contributed by atoms with Gasteiger partial charge >= 0.3 is 0 Å². The molecular formula is C18H22O5. The second kappa shape index (κ2) is 7.74. The minimum absolute atomic E-state index is 0.0780. The molecule has 2 rings (SSSR count). The molecule has 5 heteroatoms. The Hall–Kier alpha value is -2.40. The van der Waals surface area contributed by atoms with Crippen LogP contribution in [0.15, 0.2) is 36.4 Å². The summed E-state index contributed by atoms with van der Waals surface area (Å²) in [6.07, 6.45) is 0. The molecule has 0 aliphatic rings. The first-order valence-corrected chi connectivity index (χ1v) is 7.23. The van der Waals surface area contributed by atoms with Gasteiger partial charge in [-0.15, -0.1) is 0 Å². The van der Waals surface area contributed by atoms with Gasteiger partial charge in [0.1, 0.15) is 23.0 Å². The van der Waals surface area contributed by atoms with E-state index in [9.17, 15) is 5.11 Å². The lowest BCUT2D eigenvalue weighted by Gasteiger charge is -2.21. The lowest BCUT2D eigenvalue weighted by atomic mass is 9.90. The van der Waals surface area contributed by atoms with Gasteiger partial charge in [0, 0.05) is 29.2 Å². The molecule has 0 fully saturated rings. The molecule has 23 heavy (non-hydrogen) atoms. The maximum atomic E-state index is 9.95. The Morgan fingerprint density at radius 2 is 1.17 bits per heavy atom. The smallest absolute Gasteiger partial charge is 0.126 e. The van der Waals surface area contributed by atoms with E-state index in [1.807, 2.05) is 24.3 Å². The van der Waals surface area contributed by atoms with E-state index in [2.05, 4.69) is 0 Å². The quantitative estimate of drug-likeness (QED) is 0.851. The van der Waals surface area contributed by atoms with Crippen molar-refractivity contribution < 1.29 is 24.1 Å². The van der Waals surface area contributed by atoms with E-state index in [1.54, 1.807) is 40.6 Å². The van der Waals surface area contributed by atoms with Crippen LogP contribution in [0.1, 0.15) is 17.0 Å². The first-order valence-electron chi connectivity index (χ1n) is 7.23. The second-order valence-corrected chi connectivity index (χ2v) is 4.95. The lowest BCUT2D eigenvalue weighted by molar-refractivity contribution is 0.273. The number of rotatable bonds is 7. The van der Waals surface area contributed by atoms with Crippen molar-refractivity contribution >= 4 is 0 Å². The summed E-state index contributed by atoms with van der Waals surface area (Å²) >= 11 is 0. The zero-order valence-electron chi connectivity index (χ0n) is 13.8. The molecule has 0 saturated carbocycles. The Labute approximate surface area is 136 Å². The van der Waals surface area contributed by atoms with E-state index < -0.39 is 0 Å². The van der Waals surface area contributed by atoms with Crippen LogP contribution in [0.5, 0.6) is 23.0 Å². The number of aliphatic hydroxyl groups excluding tert-OH is 1. The molecule has 2 aromatic carbocycles. The number of hydrogen-bond donors (Lipinski definition) is 1. The third-order valence-electron chi connectivity index (χ3n) is 3.81. The summed E-state index contributed by atoms with van der Waals surface area (Å²) in [7, 11) is 6.39. The number of hydrogen-bond acceptors (Lipinski definition) is 5. The predicted molar refractivity (Wildman–Crippen MR) is 88.0 cm³/mol. The van der Waals surface area contributed by atoms with Crippen LogP contribution in [0, 0.1) is 0 Å². The van der Waals surface area contributed by atoms with E-state index in [1.165, 1.54) is 0 Å². The number of methoxy groups -OCH3 is 4. The summed E-state index contributed by atoms with van der Waals surface area (Å²) in [5.41, 5.74) is 1.72. The molecule has 2 aromatic rings. The summed E-state index contributed by atoms with van der Waals surface area (Å²) in [6.45, 7) is -0.0780. The highest BCUT2D eigenvalue weighted by Crippen LogP contribution is 2.39. The Balaban J connectivity index is 2.52. The van der Waals surface area contributed by atoms with Crippen molar-refractivity contribution in [1.82, 2.24) is 0 Å². The standard InChI is InChI=1S/C18H22O5/c1-20-12-5-7-14(17(9-12)22-3)16(11-19)15-8-6-13(21-2)10-18(15)23-4/h5-10,16,19H,11H2,1-4H3. The molecule has 0 aliphatic heterocycles. The van der Waals surface area contributed by atoms with E-state index in [0.717, 1.165) is 11.1 Å². The molecule has 0 aliphatic carbocycles. The van der Waals surface area contributed by atoms with E-state index >= 15 is 0 Å². The van der Waals surface area contributed by atoms with Crippen LogP contribution in [-0.4, -0.2) is 40.2 Å². The molecule has 0 unspecified atom stereocenters. The van der Waals surface area contributed by atoms with Crippen molar-refractivity contribution in [3.63, 3.8) is 0 Å².